The van der Waals surface area contributed by atoms with Crippen LogP contribution >= 0.6 is 0 Å². The molecule has 0 saturated carbocycles. The molecule has 0 radical (unpaired) electrons. The highest BCUT2D eigenvalue weighted by Crippen LogP contribution is 2.36. The summed E-state index contributed by atoms with van der Waals surface area (Å²) in [6.07, 6.45) is 1.52. The Morgan fingerprint density at radius 1 is 1.06 bits per heavy atom. The summed E-state index contributed by atoms with van der Waals surface area (Å²) in [4.78, 5) is 15.3. The predicted molar refractivity (Wildman–Crippen MR) is 123 cm³/mol. The molecule has 3 aromatic rings. The van der Waals surface area contributed by atoms with Crippen LogP contribution in [0.2, 0.25) is 0 Å². The van der Waals surface area contributed by atoms with E-state index < -0.39 is 11.6 Å². The fraction of sp³-hybridized carbons (Fsp3) is 0.280. The summed E-state index contributed by atoms with van der Waals surface area (Å²) in [7, 11) is 2.99. The first kappa shape index (κ1) is 22.5. The van der Waals surface area contributed by atoms with Crippen molar-refractivity contribution >= 4 is 5.69 Å². The van der Waals surface area contributed by atoms with Crippen LogP contribution in [0.5, 0.6) is 5.75 Å². The van der Waals surface area contributed by atoms with E-state index >= 15 is 0 Å². The van der Waals surface area contributed by atoms with Crippen LogP contribution in [0.25, 0.3) is 22.4 Å². The molecule has 1 fully saturated rings. The van der Waals surface area contributed by atoms with Gasteiger partial charge in [0.15, 0.2) is 11.6 Å². The molecule has 2 aromatic carbocycles. The molecule has 1 aliphatic heterocycles. The third kappa shape index (κ3) is 4.20. The number of aromatic nitrogens is 1. The van der Waals surface area contributed by atoms with E-state index in [-0.39, 0.29) is 22.9 Å². The lowest BCUT2D eigenvalue weighted by molar-refractivity contribution is 0.386. The topological polar surface area (TPSA) is 84.3 Å². The largest absolute Gasteiger partial charge is 0.494 e. The SMILES string of the molecule is COc1ccc(-c2c(-c3ccc(C#N)c(F)c3)cc(N3CCC(N)CC3)c(=O)n2C)cc1F. The number of rotatable bonds is 4. The van der Waals surface area contributed by atoms with Gasteiger partial charge in [-0.2, -0.15) is 5.26 Å². The first-order valence-electron chi connectivity index (χ1n) is 10.6. The molecule has 6 nitrogen and oxygen atoms in total. The van der Waals surface area contributed by atoms with Gasteiger partial charge in [-0.1, -0.05) is 6.07 Å². The molecule has 170 valence electrons. The molecular weight excluding hydrogens is 426 g/mol. The lowest BCUT2D eigenvalue weighted by Gasteiger charge is -2.32. The van der Waals surface area contributed by atoms with Gasteiger partial charge in [-0.15, -0.1) is 0 Å². The molecule has 0 spiro atoms. The number of hydrogen-bond acceptors (Lipinski definition) is 5. The van der Waals surface area contributed by atoms with Crippen molar-refractivity contribution in [2.24, 2.45) is 12.8 Å². The summed E-state index contributed by atoms with van der Waals surface area (Å²) in [5.41, 5.74) is 8.08. The summed E-state index contributed by atoms with van der Waals surface area (Å²) < 4.78 is 35.5. The van der Waals surface area contributed by atoms with Gasteiger partial charge < -0.3 is 19.9 Å². The van der Waals surface area contributed by atoms with Crippen molar-refractivity contribution in [1.82, 2.24) is 4.57 Å². The zero-order valence-corrected chi connectivity index (χ0v) is 18.4. The van der Waals surface area contributed by atoms with Gasteiger partial charge in [0.2, 0.25) is 0 Å². The van der Waals surface area contributed by atoms with E-state index in [2.05, 4.69) is 0 Å². The quantitative estimate of drug-likeness (QED) is 0.654. The minimum Gasteiger partial charge on any atom is -0.494 e. The number of benzene rings is 2. The molecule has 8 heteroatoms. The molecule has 4 rings (SSSR count). The van der Waals surface area contributed by atoms with Crippen molar-refractivity contribution in [3.05, 3.63) is 70.0 Å². The molecule has 1 aliphatic rings. The standard InChI is InChI=1S/C25H24F2N4O2/c1-30-24(16-5-6-23(33-2)21(27)12-16)19(15-3-4-17(14-28)20(26)11-15)13-22(25(30)32)31-9-7-18(29)8-10-31/h3-6,11-13,18H,7-10,29H2,1-2H3. The fourth-order valence-corrected chi connectivity index (χ4v) is 4.24. The van der Waals surface area contributed by atoms with Crippen LogP contribution in [0, 0.1) is 23.0 Å². The van der Waals surface area contributed by atoms with Gasteiger partial charge >= 0.3 is 0 Å². The van der Waals surface area contributed by atoms with Crippen molar-refractivity contribution in [3.63, 3.8) is 0 Å². The van der Waals surface area contributed by atoms with Crippen LogP contribution in [0.4, 0.5) is 14.5 Å². The van der Waals surface area contributed by atoms with E-state index in [1.165, 1.54) is 35.9 Å². The zero-order valence-electron chi connectivity index (χ0n) is 18.4. The van der Waals surface area contributed by atoms with Gasteiger partial charge in [-0.25, -0.2) is 8.78 Å². The number of ether oxygens (including phenoxy) is 1. The number of nitrogens with zero attached hydrogens (tertiary/aromatic N) is 3. The van der Waals surface area contributed by atoms with Gasteiger partial charge in [0.05, 0.1) is 18.4 Å². The van der Waals surface area contributed by atoms with Crippen LogP contribution < -0.4 is 20.9 Å². The van der Waals surface area contributed by atoms with E-state index in [9.17, 15) is 13.6 Å². The molecule has 0 atom stereocenters. The Morgan fingerprint density at radius 3 is 2.33 bits per heavy atom. The Hall–Kier alpha value is -3.70. The van der Waals surface area contributed by atoms with Crippen LogP contribution in [0.15, 0.2) is 47.3 Å². The molecule has 0 aliphatic carbocycles. The van der Waals surface area contributed by atoms with Crippen LogP contribution in [0.3, 0.4) is 0 Å². The van der Waals surface area contributed by atoms with Gasteiger partial charge in [0.25, 0.3) is 5.56 Å². The van der Waals surface area contributed by atoms with Crippen molar-refractivity contribution in [3.8, 4) is 34.2 Å². The van der Waals surface area contributed by atoms with Gasteiger partial charge in [0.1, 0.15) is 17.6 Å². The smallest absolute Gasteiger partial charge is 0.274 e. The summed E-state index contributed by atoms with van der Waals surface area (Å²) >= 11 is 0. The maximum atomic E-state index is 14.5. The Kier molecular flexibility index (Phi) is 6.16. The number of nitrogens with two attached hydrogens (primary N) is 1. The molecule has 0 amide bonds. The van der Waals surface area contributed by atoms with E-state index in [1.54, 1.807) is 25.2 Å². The highest BCUT2D eigenvalue weighted by atomic mass is 19.1. The number of anilines is 1. The number of piperidine rings is 1. The third-order valence-electron chi connectivity index (χ3n) is 6.10. The molecule has 0 bridgehead atoms. The van der Waals surface area contributed by atoms with Crippen molar-refractivity contribution in [2.45, 2.75) is 18.9 Å². The molecule has 0 unspecified atom stereocenters. The monoisotopic (exact) mass is 450 g/mol. The lowest BCUT2D eigenvalue weighted by Crippen LogP contribution is -2.42. The van der Waals surface area contributed by atoms with Crippen molar-refractivity contribution in [2.75, 3.05) is 25.1 Å². The molecular formula is C25H24F2N4O2. The number of pyridine rings is 1. The highest BCUT2D eigenvalue weighted by molar-refractivity contribution is 5.84. The summed E-state index contributed by atoms with van der Waals surface area (Å²) in [6, 6.07) is 12.3. The molecule has 2 N–H and O–H groups in total. The second-order valence-corrected chi connectivity index (χ2v) is 8.14. The number of methoxy groups -OCH3 is 1. The molecule has 2 heterocycles. The lowest BCUT2D eigenvalue weighted by atomic mass is 9.96. The summed E-state index contributed by atoms with van der Waals surface area (Å²) in [5.74, 6) is -1.16. The normalized spacial score (nSPS) is 14.2. The van der Waals surface area contributed by atoms with Crippen molar-refractivity contribution < 1.29 is 13.5 Å². The minimum atomic E-state index is -0.666. The molecule has 1 saturated heterocycles. The fourth-order valence-electron chi connectivity index (χ4n) is 4.24. The number of halogens is 2. The van der Waals surface area contributed by atoms with E-state index in [1.807, 2.05) is 11.0 Å². The summed E-state index contributed by atoms with van der Waals surface area (Å²) in [5, 5.41) is 9.10. The van der Waals surface area contributed by atoms with E-state index in [0.29, 0.717) is 41.2 Å². The maximum absolute atomic E-state index is 14.5. The van der Waals surface area contributed by atoms with E-state index in [0.717, 1.165) is 12.8 Å². The van der Waals surface area contributed by atoms with Gasteiger partial charge in [0, 0.05) is 37.3 Å². The Balaban J connectivity index is 1.96. The third-order valence-corrected chi connectivity index (χ3v) is 6.10. The Labute approximate surface area is 190 Å². The second kappa shape index (κ2) is 9.04. The van der Waals surface area contributed by atoms with Crippen molar-refractivity contribution in [1.29, 1.82) is 5.26 Å². The number of hydrogen-bond donors (Lipinski definition) is 1. The Morgan fingerprint density at radius 2 is 1.73 bits per heavy atom. The number of nitriles is 1. The molecule has 33 heavy (non-hydrogen) atoms. The van der Waals surface area contributed by atoms with Crippen LogP contribution in [-0.2, 0) is 7.05 Å². The molecule has 1 aromatic heterocycles. The van der Waals surface area contributed by atoms with E-state index in [4.69, 9.17) is 15.7 Å². The van der Waals surface area contributed by atoms with Gasteiger partial charge in [-0.05, 0) is 54.8 Å². The van der Waals surface area contributed by atoms with Gasteiger partial charge in [-0.3, -0.25) is 4.79 Å². The Bertz CT molecular complexity index is 1300. The second-order valence-electron chi connectivity index (χ2n) is 8.14. The summed E-state index contributed by atoms with van der Waals surface area (Å²) in [6.45, 7) is 1.27. The van der Waals surface area contributed by atoms with Crippen LogP contribution in [-0.4, -0.2) is 30.8 Å². The predicted octanol–water partition coefficient (Wildman–Crippen LogP) is 3.81. The zero-order chi connectivity index (χ0) is 23.7. The first-order chi connectivity index (χ1) is 15.8. The minimum absolute atomic E-state index is 0.0779. The average molecular weight is 450 g/mol. The highest BCUT2D eigenvalue weighted by Gasteiger charge is 2.23. The average Bonchev–Trinajstić information content (AvgIpc) is 2.81. The first-order valence-corrected chi connectivity index (χ1v) is 10.6. The maximum Gasteiger partial charge on any atom is 0.274 e. The van der Waals surface area contributed by atoms with Crippen LogP contribution in [0.1, 0.15) is 18.4 Å².